The van der Waals surface area contributed by atoms with Crippen LogP contribution in [-0.2, 0) is 0 Å². The molecular formula is C19H22N4O5. The summed E-state index contributed by atoms with van der Waals surface area (Å²) in [4.78, 5) is 40.0. The number of hydrogen-bond donors (Lipinski definition) is 1. The first-order chi connectivity index (χ1) is 13.5. The standard InChI is InChI=1S/C19H22N4O5/c1-27-14-10-13(11-15(12-14)28-2)18(25)22-6-3-7-23(9-8-22)19(26)16-4-5-17(24)21-20-16/h4-5,10-12H,3,6-9H2,1-2H3,(H,21,24). The number of aromatic nitrogens is 2. The Morgan fingerprint density at radius 1 is 0.929 bits per heavy atom. The molecule has 1 saturated heterocycles. The van der Waals surface area contributed by atoms with E-state index in [1.807, 2.05) is 0 Å². The van der Waals surface area contributed by atoms with Gasteiger partial charge in [0.05, 0.1) is 14.2 Å². The number of amides is 2. The molecule has 1 aromatic heterocycles. The number of nitrogens with one attached hydrogen (secondary N) is 1. The first-order valence-corrected chi connectivity index (χ1v) is 8.89. The van der Waals surface area contributed by atoms with Crippen LogP contribution in [0, 0.1) is 0 Å². The molecule has 0 radical (unpaired) electrons. The molecule has 0 spiro atoms. The third-order valence-electron chi connectivity index (χ3n) is 4.57. The Labute approximate surface area is 161 Å². The van der Waals surface area contributed by atoms with Gasteiger partial charge in [-0.2, -0.15) is 5.10 Å². The summed E-state index contributed by atoms with van der Waals surface area (Å²) in [7, 11) is 3.06. The van der Waals surface area contributed by atoms with Crippen molar-refractivity contribution < 1.29 is 19.1 Å². The molecule has 28 heavy (non-hydrogen) atoms. The molecule has 2 heterocycles. The second-order valence-corrected chi connectivity index (χ2v) is 6.35. The minimum Gasteiger partial charge on any atom is -0.497 e. The molecule has 1 aliphatic heterocycles. The van der Waals surface area contributed by atoms with E-state index in [1.54, 1.807) is 28.0 Å². The van der Waals surface area contributed by atoms with Gasteiger partial charge >= 0.3 is 0 Å². The number of H-pyrrole nitrogens is 1. The first-order valence-electron chi connectivity index (χ1n) is 8.89. The van der Waals surface area contributed by atoms with Gasteiger partial charge in [0.1, 0.15) is 17.2 Å². The number of hydrogen-bond acceptors (Lipinski definition) is 6. The third kappa shape index (κ3) is 4.30. The number of carbonyl (C=O) groups is 2. The Bertz CT molecular complexity index is 884. The second kappa shape index (κ2) is 8.55. The molecule has 0 unspecified atom stereocenters. The van der Waals surface area contributed by atoms with E-state index in [0.29, 0.717) is 49.7 Å². The Morgan fingerprint density at radius 2 is 1.54 bits per heavy atom. The molecule has 1 fully saturated rings. The number of aromatic amines is 1. The van der Waals surface area contributed by atoms with Crippen molar-refractivity contribution in [1.82, 2.24) is 20.0 Å². The van der Waals surface area contributed by atoms with Gasteiger partial charge in [-0.1, -0.05) is 0 Å². The highest BCUT2D eigenvalue weighted by Gasteiger charge is 2.25. The van der Waals surface area contributed by atoms with Crippen molar-refractivity contribution in [1.29, 1.82) is 0 Å². The molecule has 0 saturated carbocycles. The van der Waals surface area contributed by atoms with Gasteiger partial charge in [0.25, 0.3) is 17.4 Å². The number of rotatable bonds is 4. The topological polar surface area (TPSA) is 105 Å². The molecule has 148 valence electrons. The quantitative estimate of drug-likeness (QED) is 0.832. The lowest BCUT2D eigenvalue weighted by Gasteiger charge is -2.22. The summed E-state index contributed by atoms with van der Waals surface area (Å²) in [5, 5.41) is 6.05. The summed E-state index contributed by atoms with van der Waals surface area (Å²) in [6, 6.07) is 7.71. The highest BCUT2D eigenvalue weighted by molar-refractivity contribution is 5.95. The molecule has 0 aliphatic carbocycles. The predicted octanol–water partition coefficient (Wildman–Crippen LogP) is 0.775. The Morgan fingerprint density at radius 3 is 2.07 bits per heavy atom. The smallest absolute Gasteiger partial charge is 0.274 e. The van der Waals surface area contributed by atoms with Crippen LogP contribution in [0.5, 0.6) is 11.5 Å². The highest BCUT2D eigenvalue weighted by atomic mass is 16.5. The van der Waals surface area contributed by atoms with E-state index in [0.717, 1.165) is 0 Å². The zero-order valence-electron chi connectivity index (χ0n) is 15.8. The van der Waals surface area contributed by atoms with Crippen LogP contribution in [0.15, 0.2) is 35.1 Å². The van der Waals surface area contributed by atoms with E-state index in [-0.39, 0.29) is 23.1 Å². The SMILES string of the molecule is COc1cc(OC)cc(C(=O)N2CCCN(C(=O)c3ccc(=O)[nH]n3)CC2)c1. The fourth-order valence-electron chi connectivity index (χ4n) is 3.06. The summed E-state index contributed by atoms with van der Waals surface area (Å²) in [6.45, 7) is 1.81. The first kappa shape index (κ1) is 19.4. The van der Waals surface area contributed by atoms with Crippen LogP contribution >= 0.6 is 0 Å². The van der Waals surface area contributed by atoms with Crippen molar-refractivity contribution in [2.45, 2.75) is 6.42 Å². The molecule has 3 rings (SSSR count). The van der Waals surface area contributed by atoms with E-state index in [2.05, 4.69) is 10.2 Å². The summed E-state index contributed by atoms with van der Waals surface area (Å²) < 4.78 is 10.5. The molecule has 0 bridgehead atoms. The van der Waals surface area contributed by atoms with Crippen molar-refractivity contribution in [2.24, 2.45) is 0 Å². The summed E-state index contributed by atoms with van der Waals surface area (Å²) in [6.07, 6.45) is 0.641. The molecule has 0 atom stereocenters. The van der Waals surface area contributed by atoms with Gasteiger partial charge in [-0.15, -0.1) is 0 Å². The van der Waals surface area contributed by atoms with E-state index < -0.39 is 0 Å². The summed E-state index contributed by atoms with van der Waals surface area (Å²) in [5.74, 6) is 0.666. The summed E-state index contributed by atoms with van der Waals surface area (Å²) >= 11 is 0. The van der Waals surface area contributed by atoms with Crippen molar-refractivity contribution in [3.8, 4) is 11.5 Å². The Kier molecular flexibility index (Phi) is 5.93. The Balaban J connectivity index is 1.71. The molecule has 2 aromatic rings. The number of nitrogens with zero attached hydrogens (tertiary/aromatic N) is 3. The van der Waals surface area contributed by atoms with Crippen LogP contribution in [0.2, 0.25) is 0 Å². The number of benzene rings is 1. The minimum absolute atomic E-state index is 0.145. The zero-order chi connectivity index (χ0) is 20.1. The van der Waals surface area contributed by atoms with Crippen molar-refractivity contribution in [3.63, 3.8) is 0 Å². The van der Waals surface area contributed by atoms with Gasteiger partial charge in [-0.3, -0.25) is 14.4 Å². The van der Waals surface area contributed by atoms with Gasteiger partial charge in [-0.25, -0.2) is 5.10 Å². The molecule has 9 heteroatoms. The lowest BCUT2D eigenvalue weighted by molar-refractivity contribution is 0.0714. The fraction of sp³-hybridized carbons (Fsp3) is 0.368. The lowest BCUT2D eigenvalue weighted by Crippen LogP contribution is -2.37. The zero-order valence-corrected chi connectivity index (χ0v) is 15.8. The molecule has 2 amide bonds. The largest absolute Gasteiger partial charge is 0.497 e. The van der Waals surface area contributed by atoms with Crippen LogP contribution in [0.25, 0.3) is 0 Å². The molecular weight excluding hydrogens is 364 g/mol. The number of methoxy groups -OCH3 is 2. The third-order valence-corrected chi connectivity index (χ3v) is 4.57. The average molecular weight is 386 g/mol. The van der Waals surface area contributed by atoms with Crippen molar-refractivity contribution in [2.75, 3.05) is 40.4 Å². The normalized spacial score (nSPS) is 14.4. The van der Waals surface area contributed by atoms with Gasteiger partial charge in [-0.05, 0) is 24.6 Å². The van der Waals surface area contributed by atoms with Crippen molar-refractivity contribution >= 4 is 11.8 Å². The lowest BCUT2D eigenvalue weighted by atomic mass is 10.1. The molecule has 9 nitrogen and oxygen atoms in total. The predicted molar refractivity (Wildman–Crippen MR) is 101 cm³/mol. The molecule has 1 aromatic carbocycles. The minimum atomic E-state index is -0.363. The van der Waals surface area contributed by atoms with Crippen LogP contribution in [0.4, 0.5) is 0 Å². The number of ether oxygens (including phenoxy) is 2. The second-order valence-electron chi connectivity index (χ2n) is 6.35. The molecule has 1 N–H and O–H groups in total. The van der Waals surface area contributed by atoms with E-state index >= 15 is 0 Å². The Hall–Kier alpha value is -3.36. The van der Waals surface area contributed by atoms with E-state index in [9.17, 15) is 14.4 Å². The van der Waals surface area contributed by atoms with Gasteiger partial charge in [0.2, 0.25) is 0 Å². The highest BCUT2D eigenvalue weighted by Crippen LogP contribution is 2.24. The average Bonchev–Trinajstić information content (AvgIpc) is 2.99. The van der Waals surface area contributed by atoms with Gasteiger partial charge in [0, 0.05) is 43.9 Å². The maximum atomic E-state index is 12.9. The van der Waals surface area contributed by atoms with Crippen LogP contribution in [-0.4, -0.2) is 72.2 Å². The summed E-state index contributed by atoms with van der Waals surface area (Å²) in [5.41, 5.74) is 0.285. The van der Waals surface area contributed by atoms with Crippen LogP contribution < -0.4 is 15.0 Å². The van der Waals surface area contributed by atoms with E-state index in [1.165, 1.54) is 26.4 Å². The van der Waals surface area contributed by atoms with Crippen LogP contribution in [0.1, 0.15) is 27.3 Å². The maximum absolute atomic E-state index is 12.9. The molecule has 1 aliphatic rings. The maximum Gasteiger partial charge on any atom is 0.274 e. The fourth-order valence-corrected chi connectivity index (χ4v) is 3.06. The monoisotopic (exact) mass is 386 g/mol. The van der Waals surface area contributed by atoms with Gasteiger partial charge in [0.15, 0.2) is 0 Å². The van der Waals surface area contributed by atoms with E-state index in [4.69, 9.17) is 9.47 Å². The van der Waals surface area contributed by atoms with Crippen molar-refractivity contribution in [3.05, 3.63) is 51.9 Å². The van der Waals surface area contributed by atoms with Gasteiger partial charge < -0.3 is 19.3 Å². The van der Waals surface area contributed by atoms with Crippen LogP contribution in [0.3, 0.4) is 0 Å². The number of carbonyl (C=O) groups excluding carboxylic acids is 2.